The molecule has 2 amide bonds. The van der Waals surface area contributed by atoms with Crippen LogP contribution in [0.25, 0.3) is 0 Å². The smallest absolute Gasteiger partial charge is 0.320 e. The molecule has 0 aromatic heterocycles. The molecule has 0 aromatic rings. The van der Waals surface area contributed by atoms with E-state index in [1.165, 1.54) is 0 Å². The van der Waals surface area contributed by atoms with E-state index < -0.39 is 0 Å². The molecule has 1 aliphatic rings. The highest BCUT2D eigenvalue weighted by Crippen LogP contribution is 2.00. The molecule has 1 heterocycles. The van der Waals surface area contributed by atoms with Gasteiger partial charge in [0.25, 0.3) is 0 Å². The van der Waals surface area contributed by atoms with Crippen molar-refractivity contribution in [3.05, 3.63) is 0 Å². The molecule has 0 N–H and O–H groups in total. The molecule has 1 rings (SSSR count). The zero-order valence-electron chi connectivity index (χ0n) is 8.49. The third kappa shape index (κ3) is 2.59. The topological polar surface area (TPSA) is 37.7 Å². The Kier molecular flexibility index (Phi) is 4.02. The summed E-state index contributed by atoms with van der Waals surface area (Å²) in [7, 11) is 0. The lowest BCUT2D eigenvalue weighted by molar-refractivity contribution is 0.150. The fourth-order valence-electron chi connectivity index (χ4n) is 1.49. The first-order chi connectivity index (χ1) is 6.29. The van der Waals surface area contributed by atoms with Crippen molar-refractivity contribution in [1.29, 1.82) is 0 Å². The van der Waals surface area contributed by atoms with Crippen molar-refractivity contribution in [2.24, 2.45) is 0 Å². The van der Waals surface area contributed by atoms with Gasteiger partial charge in [-0.05, 0) is 13.8 Å². The van der Waals surface area contributed by atoms with Gasteiger partial charge in [0, 0.05) is 39.3 Å². The number of urea groups is 1. The highest BCUT2D eigenvalue weighted by atomic mass is 16.2. The zero-order chi connectivity index (χ0) is 9.68. The van der Waals surface area contributed by atoms with Gasteiger partial charge in [0.15, 0.2) is 0 Å². The van der Waals surface area contributed by atoms with Crippen LogP contribution in [-0.2, 0) is 0 Å². The van der Waals surface area contributed by atoms with E-state index in [2.05, 4.69) is 5.32 Å². The zero-order valence-corrected chi connectivity index (χ0v) is 8.49. The number of carbonyl (C=O) groups is 1. The molecule has 0 spiro atoms. The van der Waals surface area contributed by atoms with Gasteiger partial charge in [0.05, 0.1) is 0 Å². The van der Waals surface area contributed by atoms with Crippen LogP contribution in [0.1, 0.15) is 13.8 Å². The predicted molar refractivity (Wildman–Crippen MR) is 51.8 cm³/mol. The Morgan fingerprint density at radius 2 is 1.85 bits per heavy atom. The standard InChI is InChI=1S/C9H18N3O/c1-3-11(4-2)9(13)12-7-5-10-6-8-12/h3-8H2,1-2H3. The third-order valence-electron chi connectivity index (χ3n) is 2.36. The molecule has 1 aliphatic heterocycles. The van der Waals surface area contributed by atoms with Crippen molar-refractivity contribution in [2.75, 3.05) is 39.3 Å². The van der Waals surface area contributed by atoms with E-state index in [9.17, 15) is 4.79 Å². The number of rotatable bonds is 2. The number of hydrogen-bond donors (Lipinski definition) is 0. The SMILES string of the molecule is CCN(CC)C(=O)N1CC[N]CC1. The van der Waals surface area contributed by atoms with Crippen LogP contribution in [0.2, 0.25) is 0 Å². The van der Waals surface area contributed by atoms with Crippen molar-refractivity contribution in [3.8, 4) is 0 Å². The maximum Gasteiger partial charge on any atom is 0.320 e. The molecule has 75 valence electrons. The summed E-state index contributed by atoms with van der Waals surface area (Å²) in [4.78, 5) is 15.5. The maximum atomic E-state index is 11.8. The van der Waals surface area contributed by atoms with Crippen molar-refractivity contribution in [1.82, 2.24) is 15.1 Å². The molecule has 1 radical (unpaired) electrons. The Bertz CT molecular complexity index is 162. The Morgan fingerprint density at radius 1 is 1.31 bits per heavy atom. The second-order valence-electron chi connectivity index (χ2n) is 3.11. The van der Waals surface area contributed by atoms with Gasteiger partial charge in [-0.2, -0.15) is 0 Å². The van der Waals surface area contributed by atoms with Crippen LogP contribution in [0.15, 0.2) is 0 Å². The van der Waals surface area contributed by atoms with Gasteiger partial charge < -0.3 is 9.80 Å². The molecule has 0 aliphatic carbocycles. The van der Waals surface area contributed by atoms with Crippen LogP contribution in [0, 0.1) is 0 Å². The van der Waals surface area contributed by atoms with Gasteiger partial charge in [-0.1, -0.05) is 0 Å². The minimum Gasteiger partial charge on any atom is -0.325 e. The molecule has 13 heavy (non-hydrogen) atoms. The van der Waals surface area contributed by atoms with Crippen molar-refractivity contribution < 1.29 is 4.79 Å². The minimum absolute atomic E-state index is 0.167. The molecule has 0 atom stereocenters. The molecule has 1 saturated heterocycles. The van der Waals surface area contributed by atoms with Crippen LogP contribution < -0.4 is 5.32 Å². The number of amides is 2. The Morgan fingerprint density at radius 3 is 2.31 bits per heavy atom. The van der Waals surface area contributed by atoms with E-state index in [0.29, 0.717) is 0 Å². The Balaban J connectivity index is 2.44. The summed E-state index contributed by atoms with van der Waals surface area (Å²) in [6.07, 6.45) is 0. The fourth-order valence-corrected chi connectivity index (χ4v) is 1.49. The summed E-state index contributed by atoms with van der Waals surface area (Å²) in [6, 6.07) is 0.167. The van der Waals surface area contributed by atoms with Crippen LogP contribution in [-0.4, -0.2) is 55.1 Å². The molecule has 0 saturated carbocycles. The highest BCUT2D eigenvalue weighted by Gasteiger charge is 2.20. The lowest BCUT2D eigenvalue weighted by Crippen LogP contribution is -2.49. The number of carbonyl (C=O) groups excluding carboxylic acids is 1. The largest absolute Gasteiger partial charge is 0.325 e. The fraction of sp³-hybridized carbons (Fsp3) is 0.889. The minimum atomic E-state index is 0.167. The summed E-state index contributed by atoms with van der Waals surface area (Å²) < 4.78 is 0. The highest BCUT2D eigenvalue weighted by molar-refractivity contribution is 5.74. The summed E-state index contributed by atoms with van der Waals surface area (Å²) in [5.74, 6) is 0. The van der Waals surface area contributed by atoms with Crippen molar-refractivity contribution in [3.63, 3.8) is 0 Å². The molecule has 4 nitrogen and oxygen atoms in total. The van der Waals surface area contributed by atoms with Crippen LogP contribution >= 0.6 is 0 Å². The van der Waals surface area contributed by atoms with E-state index in [0.717, 1.165) is 39.3 Å². The second-order valence-corrected chi connectivity index (χ2v) is 3.11. The van der Waals surface area contributed by atoms with Crippen LogP contribution in [0.3, 0.4) is 0 Å². The number of hydrogen-bond acceptors (Lipinski definition) is 1. The first-order valence-corrected chi connectivity index (χ1v) is 4.96. The predicted octanol–water partition coefficient (Wildman–Crippen LogP) is 0.368. The maximum absolute atomic E-state index is 11.8. The van der Waals surface area contributed by atoms with Gasteiger partial charge in [-0.15, -0.1) is 0 Å². The second kappa shape index (κ2) is 5.07. The van der Waals surface area contributed by atoms with E-state index in [4.69, 9.17) is 0 Å². The lowest BCUT2D eigenvalue weighted by Gasteiger charge is -2.31. The average molecular weight is 184 g/mol. The number of piperazine rings is 1. The first kappa shape index (κ1) is 10.3. The monoisotopic (exact) mass is 184 g/mol. The van der Waals surface area contributed by atoms with Gasteiger partial charge in [-0.3, -0.25) is 0 Å². The normalized spacial score (nSPS) is 17.2. The molecule has 1 fully saturated rings. The summed E-state index contributed by atoms with van der Waals surface area (Å²) in [6.45, 7) is 8.78. The molecule has 0 unspecified atom stereocenters. The molecular formula is C9H18N3O. The first-order valence-electron chi connectivity index (χ1n) is 4.96. The molecule has 0 bridgehead atoms. The van der Waals surface area contributed by atoms with Crippen LogP contribution in [0.4, 0.5) is 4.79 Å². The van der Waals surface area contributed by atoms with Gasteiger partial charge in [0.1, 0.15) is 0 Å². The Labute approximate surface area is 79.9 Å². The molecular weight excluding hydrogens is 166 g/mol. The van der Waals surface area contributed by atoms with Gasteiger partial charge >= 0.3 is 6.03 Å². The summed E-state index contributed by atoms with van der Waals surface area (Å²) >= 11 is 0. The van der Waals surface area contributed by atoms with E-state index in [1.807, 2.05) is 23.6 Å². The van der Waals surface area contributed by atoms with Crippen LogP contribution in [0.5, 0.6) is 0 Å². The van der Waals surface area contributed by atoms with Crippen molar-refractivity contribution >= 4 is 6.03 Å². The van der Waals surface area contributed by atoms with Gasteiger partial charge in [0.2, 0.25) is 0 Å². The molecule has 0 aromatic carbocycles. The Hall–Kier alpha value is -0.770. The summed E-state index contributed by atoms with van der Waals surface area (Å²) in [5, 5.41) is 4.21. The van der Waals surface area contributed by atoms with E-state index >= 15 is 0 Å². The number of nitrogens with zero attached hydrogens (tertiary/aromatic N) is 3. The average Bonchev–Trinajstić information content (AvgIpc) is 2.21. The van der Waals surface area contributed by atoms with Gasteiger partial charge in [-0.25, -0.2) is 10.1 Å². The summed E-state index contributed by atoms with van der Waals surface area (Å²) in [5.41, 5.74) is 0. The van der Waals surface area contributed by atoms with E-state index in [-0.39, 0.29) is 6.03 Å². The van der Waals surface area contributed by atoms with E-state index in [1.54, 1.807) is 0 Å². The van der Waals surface area contributed by atoms with Crippen molar-refractivity contribution in [2.45, 2.75) is 13.8 Å². The molecule has 4 heteroatoms. The lowest BCUT2D eigenvalue weighted by atomic mass is 10.4. The quantitative estimate of drug-likeness (QED) is 0.611. The third-order valence-corrected chi connectivity index (χ3v) is 2.36.